The molecule has 7 heteroatoms. The van der Waals surface area contributed by atoms with Gasteiger partial charge in [-0.2, -0.15) is 0 Å². The normalized spacial score (nSPS) is 13.9. The second kappa shape index (κ2) is 6.34. The van der Waals surface area contributed by atoms with Crippen molar-refractivity contribution in [2.75, 3.05) is 18.5 Å². The lowest BCUT2D eigenvalue weighted by Gasteiger charge is -2.11. The van der Waals surface area contributed by atoms with Gasteiger partial charge in [0.2, 0.25) is 5.91 Å². The molecule has 0 fully saturated rings. The van der Waals surface area contributed by atoms with Crippen molar-refractivity contribution < 1.29 is 9.00 Å². The number of nitrogen functional groups attached to an aromatic ring is 1. The Labute approximate surface area is 108 Å². The summed E-state index contributed by atoms with van der Waals surface area (Å²) in [4.78, 5) is 23.0. The zero-order valence-corrected chi connectivity index (χ0v) is 11.2. The number of nitrogens with zero attached hydrogens (tertiary/aromatic N) is 1. The highest BCUT2D eigenvalue weighted by Crippen LogP contribution is 1.95. The molecule has 1 aromatic heterocycles. The molecule has 0 bridgehead atoms. The van der Waals surface area contributed by atoms with Gasteiger partial charge < -0.3 is 15.6 Å². The van der Waals surface area contributed by atoms with Crippen LogP contribution < -0.4 is 16.6 Å². The number of pyridine rings is 1. The summed E-state index contributed by atoms with van der Waals surface area (Å²) in [6, 6.07) is 2.80. The van der Waals surface area contributed by atoms with E-state index in [-0.39, 0.29) is 23.3 Å². The van der Waals surface area contributed by atoms with E-state index in [2.05, 4.69) is 5.32 Å². The van der Waals surface area contributed by atoms with Crippen molar-refractivity contribution in [2.45, 2.75) is 18.7 Å². The topological polar surface area (TPSA) is 94.2 Å². The molecule has 0 aromatic carbocycles. The quantitative estimate of drug-likeness (QED) is 0.741. The average Bonchev–Trinajstić information content (AvgIpc) is 2.30. The van der Waals surface area contributed by atoms with E-state index in [1.807, 2.05) is 0 Å². The zero-order valence-electron chi connectivity index (χ0n) is 10.4. The molecule has 0 spiro atoms. The number of nitrogens with two attached hydrogens (primary N) is 1. The van der Waals surface area contributed by atoms with Crippen LogP contribution in [0.3, 0.4) is 0 Å². The van der Waals surface area contributed by atoms with Crippen molar-refractivity contribution in [2.24, 2.45) is 0 Å². The van der Waals surface area contributed by atoms with Crippen molar-refractivity contribution in [3.8, 4) is 0 Å². The van der Waals surface area contributed by atoms with Gasteiger partial charge in [-0.05, 0) is 13.0 Å². The van der Waals surface area contributed by atoms with Crippen molar-refractivity contribution in [3.05, 3.63) is 28.7 Å². The van der Waals surface area contributed by atoms with Gasteiger partial charge in [0.05, 0.1) is 0 Å². The Morgan fingerprint density at radius 3 is 2.83 bits per heavy atom. The molecular formula is C11H17N3O3S. The van der Waals surface area contributed by atoms with Crippen LogP contribution >= 0.6 is 0 Å². The second-order valence-electron chi connectivity index (χ2n) is 4.04. The Hall–Kier alpha value is -1.63. The molecule has 100 valence electrons. The van der Waals surface area contributed by atoms with Gasteiger partial charge in [-0.25, -0.2) is 0 Å². The SMILES string of the molecule is CC(CNC(=O)Cn1cc(N)ccc1=O)S(C)=O. The molecule has 0 saturated carbocycles. The van der Waals surface area contributed by atoms with E-state index in [1.165, 1.54) is 22.9 Å². The highest BCUT2D eigenvalue weighted by molar-refractivity contribution is 7.84. The fourth-order valence-corrected chi connectivity index (χ4v) is 1.58. The van der Waals surface area contributed by atoms with Gasteiger partial charge in [0, 0.05) is 46.8 Å². The first-order valence-electron chi connectivity index (χ1n) is 5.45. The number of rotatable bonds is 5. The van der Waals surface area contributed by atoms with Crippen molar-refractivity contribution in [1.29, 1.82) is 0 Å². The van der Waals surface area contributed by atoms with Crippen LogP contribution in [0, 0.1) is 0 Å². The Morgan fingerprint density at radius 1 is 1.56 bits per heavy atom. The largest absolute Gasteiger partial charge is 0.398 e. The maximum Gasteiger partial charge on any atom is 0.251 e. The third-order valence-electron chi connectivity index (χ3n) is 2.47. The molecule has 2 atom stereocenters. The summed E-state index contributed by atoms with van der Waals surface area (Å²) in [7, 11) is -0.985. The summed E-state index contributed by atoms with van der Waals surface area (Å²) in [6.45, 7) is 2.01. The lowest BCUT2D eigenvalue weighted by atomic mass is 10.4. The molecule has 1 heterocycles. The first kappa shape index (κ1) is 14.4. The van der Waals surface area contributed by atoms with Crippen LogP contribution in [0.5, 0.6) is 0 Å². The summed E-state index contributed by atoms with van der Waals surface area (Å²) in [5, 5.41) is 2.51. The van der Waals surface area contributed by atoms with Crippen molar-refractivity contribution in [3.63, 3.8) is 0 Å². The Balaban J connectivity index is 2.57. The second-order valence-corrected chi connectivity index (χ2v) is 5.84. The average molecular weight is 271 g/mol. The third-order valence-corrected chi connectivity index (χ3v) is 3.77. The summed E-state index contributed by atoms with van der Waals surface area (Å²) < 4.78 is 12.3. The zero-order chi connectivity index (χ0) is 13.7. The maximum atomic E-state index is 11.6. The van der Waals surface area contributed by atoms with Gasteiger partial charge in [0.25, 0.3) is 5.56 Å². The summed E-state index contributed by atoms with van der Waals surface area (Å²) in [5.41, 5.74) is 5.67. The standard InChI is InChI=1S/C11H17N3O3S/c1-8(18(2)17)5-13-10(15)7-14-6-9(12)3-4-11(14)16/h3-4,6,8H,5,7,12H2,1-2H3,(H,13,15). The molecule has 2 unspecified atom stereocenters. The molecule has 0 radical (unpaired) electrons. The Bertz CT molecular complexity index is 513. The van der Waals surface area contributed by atoms with E-state index < -0.39 is 10.8 Å². The molecule has 1 amide bonds. The van der Waals surface area contributed by atoms with Gasteiger partial charge in [0.1, 0.15) is 6.54 Å². The number of hydrogen-bond donors (Lipinski definition) is 2. The van der Waals surface area contributed by atoms with E-state index in [9.17, 15) is 13.8 Å². The van der Waals surface area contributed by atoms with Crippen molar-refractivity contribution >= 4 is 22.4 Å². The lowest BCUT2D eigenvalue weighted by Crippen LogP contribution is -2.36. The van der Waals surface area contributed by atoms with Crippen LogP contribution in [0.2, 0.25) is 0 Å². The third kappa shape index (κ3) is 4.33. The van der Waals surface area contributed by atoms with Crippen LogP contribution in [0.4, 0.5) is 5.69 Å². The number of carbonyl (C=O) groups excluding carboxylic acids is 1. The van der Waals surface area contributed by atoms with Crippen LogP contribution in [0.1, 0.15) is 6.92 Å². The molecule has 1 rings (SSSR count). The maximum absolute atomic E-state index is 11.6. The molecule has 1 aromatic rings. The Kier molecular flexibility index (Phi) is 5.08. The fourth-order valence-electron chi connectivity index (χ4n) is 1.26. The minimum atomic E-state index is -0.985. The lowest BCUT2D eigenvalue weighted by molar-refractivity contribution is -0.121. The molecule has 18 heavy (non-hydrogen) atoms. The number of carbonyl (C=O) groups is 1. The highest BCUT2D eigenvalue weighted by atomic mass is 32.2. The minimum absolute atomic E-state index is 0.0903. The van der Waals surface area contributed by atoms with E-state index in [0.717, 1.165) is 0 Å². The molecule has 0 aliphatic rings. The number of nitrogens with one attached hydrogen (secondary N) is 1. The summed E-state index contributed by atoms with van der Waals surface area (Å²) in [6.07, 6.45) is 3.00. The smallest absolute Gasteiger partial charge is 0.251 e. The molecular weight excluding hydrogens is 254 g/mol. The van der Waals surface area contributed by atoms with Crippen LogP contribution in [0.15, 0.2) is 23.1 Å². The van der Waals surface area contributed by atoms with Crippen LogP contribution in [0.25, 0.3) is 0 Å². The molecule has 6 nitrogen and oxygen atoms in total. The van der Waals surface area contributed by atoms with E-state index in [4.69, 9.17) is 5.73 Å². The van der Waals surface area contributed by atoms with Crippen LogP contribution in [-0.2, 0) is 22.1 Å². The van der Waals surface area contributed by atoms with Crippen molar-refractivity contribution in [1.82, 2.24) is 9.88 Å². The number of amides is 1. The fraction of sp³-hybridized carbons (Fsp3) is 0.455. The van der Waals surface area contributed by atoms with Gasteiger partial charge in [-0.3, -0.25) is 13.8 Å². The van der Waals surface area contributed by atoms with E-state index >= 15 is 0 Å². The first-order chi connectivity index (χ1) is 8.40. The number of aromatic nitrogens is 1. The molecule has 3 N–H and O–H groups in total. The minimum Gasteiger partial charge on any atom is -0.398 e. The summed E-state index contributed by atoms with van der Waals surface area (Å²) in [5.74, 6) is -0.306. The van der Waals surface area contributed by atoms with E-state index in [0.29, 0.717) is 12.2 Å². The Morgan fingerprint density at radius 2 is 2.22 bits per heavy atom. The monoisotopic (exact) mass is 271 g/mol. The van der Waals surface area contributed by atoms with Gasteiger partial charge in [0.15, 0.2) is 0 Å². The molecule has 0 aliphatic carbocycles. The number of anilines is 1. The van der Waals surface area contributed by atoms with Gasteiger partial charge in [-0.15, -0.1) is 0 Å². The molecule has 0 saturated heterocycles. The highest BCUT2D eigenvalue weighted by Gasteiger charge is 2.09. The summed E-state index contributed by atoms with van der Waals surface area (Å²) >= 11 is 0. The molecule has 0 aliphatic heterocycles. The van der Waals surface area contributed by atoms with Crippen LogP contribution in [-0.4, -0.2) is 32.7 Å². The van der Waals surface area contributed by atoms with Gasteiger partial charge in [-0.1, -0.05) is 0 Å². The predicted octanol–water partition coefficient (Wildman–Crippen LogP) is -0.686. The van der Waals surface area contributed by atoms with Gasteiger partial charge >= 0.3 is 0 Å². The number of hydrogen-bond acceptors (Lipinski definition) is 4. The first-order valence-corrected chi connectivity index (χ1v) is 7.07. The van der Waals surface area contributed by atoms with E-state index in [1.54, 1.807) is 13.2 Å². The predicted molar refractivity (Wildman–Crippen MR) is 71.7 cm³/mol.